The number of rotatable bonds is 9. The molecule has 0 aliphatic carbocycles. The maximum absolute atomic E-state index is 12.6. The van der Waals surface area contributed by atoms with Gasteiger partial charge in [-0.25, -0.2) is 4.98 Å². The van der Waals surface area contributed by atoms with Crippen molar-refractivity contribution >= 4 is 28.7 Å². The summed E-state index contributed by atoms with van der Waals surface area (Å²) in [7, 11) is 0. The molecule has 166 valence electrons. The highest BCUT2D eigenvalue weighted by molar-refractivity contribution is 5.94. The molecule has 0 saturated heterocycles. The highest BCUT2D eigenvalue weighted by atomic mass is 16.5. The Morgan fingerprint density at radius 3 is 2.78 bits per heavy atom. The Hall–Kier alpha value is -3.72. The fourth-order valence-electron chi connectivity index (χ4n) is 3.63. The zero-order valence-corrected chi connectivity index (χ0v) is 17.5. The quantitative estimate of drug-likeness (QED) is 0.492. The molecule has 2 amide bonds. The van der Waals surface area contributed by atoms with E-state index in [0.717, 1.165) is 5.56 Å². The summed E-state index contributed by atoms with van der Waals surface area (Å²) in [6.07, 6.45) is 0.777. The number of nitrogens with zero attached hydrogens (tertiary/aromatic N) is 3. The van der Waals surface area contributed by atoms with Crippen LogP contribution in [0.25, 0.3) is 10.9 Å². The molecule has 2 N–H and O–H groups in total. The van der Waals surface area contributed by atoms with Gasteiger partial charge in [-0.2, -0.15) is 0 Å². The van der Waals surface area contributed by atoms with Crippen LogP contribution in [0.2, 0.25) is 0 Å². The Morgan fingerprint density at radius 2 is 2.00 bits per heavy atom. The van der Waals surface area contributed by atoms with Crippen molar-refractivity contribution in [3.63, 3.8) is 0 Å². The van der Waals surface area contributed by atoms with Crippen molar-refractivity contribution in [3.05, 3.63) is 64.4 Å². The molecule has 2 heterocycles. The molecule has 0 atom stereocenters. The predicted octanol–water partition coefficient (Wildman–Crippen LogP) is 1.53. The summed E-state index contributed by atoms with van der Waals surface area (Å²) in [6, 6.07) is 14.6. The molecule has 0 saturated carbocycles. The first kappa shape index (κ1) is 21.5. The maximum atomic E-state index is 12.6. The summed E-state index contributed by atoms with van der Waals surface area (Å²) < 4.78 is 7.04. The Labute approximate surface area is 184 Å². The monoisotopic (exact) mass is 436 g/mol. The topological polar surface area (TPSA) is 114 Å². The summed E-state index contributed by atoms with van der Waals surface area (Å²) >= 11 is 0. The van der Waals surface area contributed by atoms with Crippen molar-refractivity contribution in [2.45, 2.75) is 25.9 Å². The SMILES string of the molecule is O=C1Cn2c(nc3ccc(OCCCC(=O)N(CCO)Cc4ccccc4)cc3c2=O)N1. The van der Waals surface area contributed by atoms with Crippen LogP contribution in [0.3, 0.4) is 0 Å². The van der Waals surface area contributed by atoms with Gasteiger partial charge in [0.05, 0.1) is 24.1 Å². The number of aromatic nitrogens is 2. The third-order valence-corrected chi connectivity index (χ3v) is 5.22. The van der Waals surface area contributed by atoms with E-state index in [9.17, 15) is 19.5 Å². The van der Waals surface area contributed by atoms with Gasteiger partial charge in [-0.15, -0.1) is 0 Å². The van der Waals surface area contributed by atoms with E-state index < -0.39 is 0 Å². The number of fused-ring (bicyclic) bond motifs is 2. The van der Waals surface area contributed by atoms with Crippen molar-refractivity contribution in [2.75, 3.05) is 25.1 Å². The highest BCUT2D eigenvalue weighted by Gasteiger charge is 2.21. The minimum absolute atomic E-state index is 0.0440. The number of nitrogens with one attached hydrogen (secondary N) is 1. The van der Waals surface area contributed by atoms with Crippen LogP contribution in [0.15, 0.2) is 53.3 Å². The first-order valence-electron chi connectivity index (χ1n) is 10.4. The van der Waals surface area contributed by atoms with Gasteiger partial charge in [0.15, 0.2) is 0 Å². The van der Waals surface area contributed by atoms with Gasteiger partial charge in [0, 0.05) is 19.5 Å². The number of amides is 2. The molecule has 9 heteroatoms. The van der Waals surface area contributed by atoms with E-state index in [0.29, 0.717) is 36.2 Å². The smallest absolute Gasteiger partial charge is 0.263 e. The molecule has 0 fully saturated rings. The zero-order chi connectivity index (χ0) is 22.5. The third-order valence-electron chi connectivity index (χ3n) is 5.22. The molecular weight excluding hydrogens is 412 g/mol. The van der Waals surface area contributed by atoms with Crippen LogP contribution >= 0.6 is 0 Å². The molecule has 0 bridgehead atoms. The summed E-state index contributed by atoms with van der Waals surface area (Å²) in [5.74, 6) is 0.426. The van der Waals surface area contributed by atoms with Crippen LogP contribution in [0.5, 0.6) is 5.75 Å². The van der Waals surface area contributed by atoms with Gasteiger partial charge < -0.3 is 14.7 Å². The minimum atomic E-state index is -0.301. The van der Waals surface area contributed by atoms with E-state index in [1.165, 1.54) is 4.57 Å². The molecule has 1 aliphatic rings. The van der Waals surface area contributed by atoms with E-state index in [4.69, 9.17) is 4.74 Å². The van der Waals surface area contributed by atoms with Gasteiger partial charge in [0.2, 0.25) is 17.8 Å². The number of carbonyl (C=O) groups excluding carboxylic acids is 2. The van der Waals surface area contributed by atoms with Crippen LogP contribution < -0.4 is 15.6 Å². The second-order valence-electron chi connectivity index (χ2n) is 7.53. The van der Waals surface area contributed by atoms with Crippen LogP contribution in [0.1, 0.15) is 18.4 Å². The maximum Gasteiger partial charge on any atom is 0.263 e. The van der Waals surface area contributed by atoms with Crippen LogP contribution in [0.4, 0.5) is 5.95 Å². The normalized spacial score (nSPS) is 12.5. The Morgan fingerprint density at radius 1 is 1.19 bits per heavy atom. The number of carbonyl (C=O) groups is 2. The van der Waals surface area contributed by atoms with Crippen molar-refractivity contribution in [1.82, 2.24) is 14.5 Å². The number of benzene rings is 2. The van der Waals surface area contributed by atoms with Crippen LogP contribution in [0, 0.1) is 0 Å². The lowest BCUT2D eigenvalue weighted by molar-refractivity contribution is -0.132. The summed E-state index contributed by atoms with van der Waals surface area (Å²) in [4.78, 5) is 42.7. The fourth-order valence-corrected chi connectivity index (χ4v) is 3.63. The largest absolute Gasteiger partial charge is 0.494 e. The van der Waals surface area contributed by atoms with Crippen LogP contribution in [-0.4, -0.2) is 51.1 Å². The van der Waals surface area contributed by atoms with E-state index in [-0.39, 0.29) is 49.4 Å². The van der Waals surface area contributed by atoms with Gasteiger partial charge >= 0.3 is 0 Å². The number of anilines is 1. The van der Waals surface area contributed by atoms with Gasteiger partial charge in [-0.3, -0.25) is 24.3 Å². The first-order valence-corrected chi connectivity index (χ1v) is 10.4. The van der Waals surface area contributed by atoms with Crippen molar-refractivity contribution in [2.24, 2.45) is 0 Å². The molecule has 0 unspecified atom stereocenters. The molecule has 1 aliphatic heterocycles. The molecule has 9 nitrogen and oxygen atoms in total. The second-order valence-corrected chi connectivity index (χ2v) is 7.53. The molecule has 1 aromatic heterocycles. The third kappa shape index (κ3) is 4.78. The van der Waals surface area contributed by atoms with Gasteiger partial charge in [-0.05, 0) is 30.2 Å². The zero-order valence-electron chi connectivity index (χ0n) is 17.5. The fraction of sp³-hybridized carbons (Fsp3) is 0.304. The summed E-state index contributed by atoms with van der Waals surface area (Å²) in [5, 5.41) is 12.2. The lowest BCUT2D eigenvalue weighted by Gasteiger charge is -2.22. The molecule has 4 rings (SSSR count). The van der Waals surface area contributed by atoms with Gasteiger partial charge in [-0.1, -0.05) is 30.3 Å². The van der Waals surface area contributed by atoms with E-state index in [1.807, 2.05) is 30.3 Å². The predicted molar refractivity (Wildman–Crippen MR) is 118 cm³/mol. The summed E-state index contributed by atoms with van der Waals surface area (Å²) in [6.45, 7) is 0.885. The Kier molecular flexibility index (Phi) is 6.46. The van der Waals surface area contributed by atoms with E-state index in [2.05, 4.69) is 10.3 Å². The Bertz CT molecular complexity index is 1190. The van der Waals surface area contributed by atoms with Crippen molar-refractivity contribution < 1.29 is 19.4 Å². The molecule has 3 aromatic rings. The number of hydrogen-bond acceptors (Lipinski definition) is 6. The average Bonchev–Trinajstić information content (AvgIpc) is 3.18. The number of aliphatic hydroxyl groups excluding tert-OH is 1. The van der Waals surface area contributed by atoms with Gasteiger partial charge in [0.25, 0.3) is 5.56 Å². The average molecular weight is 436 g/mol. The molecule has 2 aromatic carbocycles. The molecule has 32 heavy (non-hydrogen) atoms. The van der Waals surface area contributed by atoms with Crippen molar-refractivity contribution in [3.8, 4) is 5.75 Å². The van der Waals surface area contributed by atoms with E-state index in [1.54, 1.807) is 23.1 Å². The molecular formula is C23H24N4O5. The lowest BCUT2D eigenvalue weighted by atomic mass is 10.2. The summed E-state index contributed by atoms with van der Waals surface area (Å²) in [5.41, 5.74) is 1.18. The number of hydrogen-bond donors (Lipinski definition) is 2. The number of ether oxygens (including phenoxy) is 1. The Balaban J connectivity index is 1.34. The lowest BCUT2D eigenvalue weighted by Crippen LogP contribution is -2.33. The number of aliphatic hydroxyl groups is 1. The van der Waals surface area contributed by atoms with Crippen molar-refractivity contribution in [1.29, 1.82) is 0 Å². The van der Waals surface area contributed by atoms with E-state index >= 15 is 0 Å². The first-order chi connectivity index (χ1) is 15.5. The standard InChI is InChI=1S/C23H24N4O5/c28-11-10-26(14-16-5-2-1-3-6-16)21(30)7-4-12-32-17-8-9-19-18(13-17)22(31)27-15-20(29)25-23(27)24-19/h1-3,5-6,8-9,13,28H,4,7,10-12,14-15H2,(H,24,25,29). The molecule has 0 spiro atoms. The molecule has 0 radical (unpaired) electrons. The highest BCUT2D eigenvalue weighted by Crippen LogP contribution is 2.20. The van der Waals surface area contributed by atoms with Crippen LogP contribution in [-0.2, 0) is 22.7 Å². The minimum Gasteiger partial charge on any atom is -0.494 e. The second kappa shape index (κ2) is 9.61. The van der Waals surface area contributed by atoms with Gasteiger partial charge in [0.1, 0.15) is 12.3 Å².